The first-order chi connectivity index (χ1) is 13.5. The van der Waals surface area contributed by atoms with Crippen LogP contribution in [0.3, 0.4) is 0 Å². The van der Waals surface area contributed by atoms with Gasteiger partial charge >= 0.3 is 5.97 Å². The van der Waals surface area contributed by atoms with Crippen molar-refractivity contribution in [3.8, 4) is 11.5 Å². The number of hydrogen-bond donors (Lipinski definition) is 1. The van der Waals surface area contributed by atoms with Crippen LogP contribution in [0.25, 0.3) is 11.5 Å². The first-order valence-corrected chi connectivity index (χ1v) is 9.47. The van der Waals surface area contributed by atoms with Crippen LogP contribution in [0.15, 0.2) is 52.1 Å². The molecule has 0 fully saturated rings. The number of hydrogen-bond acceptors (Lipinski definition) is 7. The Morgan fingerprint density at radius 1 is 1.07 bits per heavy atom. The van der Waals surface area contributed by atoms with Gasteiger partial charge in [-0.15, -0.1) is 10.2 Å². The van der Waals surface area contributed by atoms with Gasteiger partial charge in [0.2, 0.25) is 11.8 Å². The van der Waals surface area contributed by atoms with Crippen molar-refractivity contribution in [2.45, 2.75) is 19.1 Å². The topological polar surface area (TPSA) is 94.3 Å². The Morgan fingerprint density at radius 3 is 2.50 bits per heavy atom. The van der Waals surface area contributed by atoms with Crippen LogP contribution >= 0.6 is 11.8 Å². The smallest absolute Gasteiger partial charge is 0.337 e. The van der Waals surface area contributed by atoms with Crippen molar-refractivity contribution in [2.24, 2.45) is 0 Å². The van der Waals surface area contributed by atoms with E-state index in [0.717, 1.165) is 22.9 Å². The highest BCUT2D eigenvalue weighted by Crippen LogP contribution is 2.25. The molecule has 1 heterocycles. The molecular weight excluding hydrogens is 378 g/mol. The second kappa shape index (κ2) is 8.71. The van der Waals surface area contributed by atoms with Gasteiger partial charge in [0.05, 0.1) is 18.4 Å². The van der Waals surface area contributed by atoms with E-state index in [9.17, 15) is 9.59 Å². The fourth-order valence-electron chi connectivity index (χ4n) is 2.39. The molecule has 0 radical (unpaired) electrons. The summed E-state index contributed by atoms with van der Waals surface area (Å²) in [6.45, 7) is 4.06. The Bertz CT molecular complexity index is 999. The minimum Gasteiger partial charge on any atom is -0.465 e. The summed E-state index contributed by atoms with van der Waals surface area (Å²) in [5, 5.41) is 11.1. The van der Waals surface area contributed by atoms with E-state index in [0.29, 0.717) is 22.4 Å². The standard InChI is InChI=1S/C20H19N3O4S/c1-12-4-5-15(10-13(12)2)18-22-23-20(27-18)28-11-17(24)21-16-8-6-14(7-9-16)19(25)26-3/h4-10H,11H2,1-3H3,(H,21,24). The van der Waals surface area contributed by atoms with Crippen LogP contribution in [-0.4, -0.2) is 34.9 Å². The van der Waals surface area contributed by atoms with Crippen LogP contribution in [0.1, 0.15) is 21.5 Å². The minimum atomic E-state index is -0.426. The average molecular weight is 397 g/mol. The molecule has 2 aromatic carbocycles. The largest absolute Gasteiger partial charge is 0.465 e. The van der Waals surface area contributed by atoms with E-state index in [1.807, 2.05) is 32.0 Å². The molecule has 7 nitrogen and oxygen atoms in total. The quantitative estimate of drug-likeness (QED) is 0.498. The molecule has 0 aliphatic heterocycles. The van der Waals surface area contributed by atoms with E-state index in [1.165, 1.54) is 12.7 Å². The van der Waals surface area contributed by atoms with Gasteiger partial charge in [-0.05, 0) is 61.4 Å². The molecule has 0 aliphatic rings. The summed E-state index contributed by atoms with van der Waals surface area (Å²) in [5.41, 5.74) is 4.17. The number of carbonyl (C=O) groups excluding carboxylic acids is 2. The lowest BCUT2D eigenvalue weighted by molar-refractivity contribution is -0.113. The van der Waals surface area contributed by atoms with Crippen LogP contribution in [-0.2, 0) is 9.53 Å². The number of amides is 1. The van der Waals surface area contributed by atoms with E-state index in [4.69, 9.17) is 4.42 Å². The molecule has 1 aromatic heterocycles. The van der Waals surface area contributed by atoms with E-state index in [2.05, 4.69) is 20.3 Å². The molecule has 0 aliphatic carbocycles. The van der Waals surface area contributed by atoms with Crippen LogP contribution in [0.4, 0.5) is 5.69 Å². The van der Waals surface area contributed by atoms with Crippen molar-refractivity contribution in [2.75, 3.05) is 18.2 Å². The number of methoxy groups -OCH3 is 1. The summed E-state index contributed by atoms with van der Waals surface area (Å²) >= 11 is 1.16. The number of ether oxygens (including phenoxy) is 1. The summed E-state index contributed by atoms with van der Waals surface area (Å²) in [6, 6.07) is 12.4. The Balaban J connectivity index is 1.55. The molecule has 3 rings (SSSR count). The predicted octanol–water partition coefficient (Wildman–Crippen LogP) is 3.87. The molecule has 0 unspecified atom stereocenters. The Labute approximate surface area is 166 Å². The number of anilines is 1. The molecule has 3 aromatic rings. The maximum Gasteiger partial charge on any atom is 0.337 e. The highest BCUT2D eigenvalue weighted by Gasteiger charge is 2.12. The average Bonchev–Trinajstić information content (AvgIpc) is 3.17. The highest BCUT2D eigenvalue weighted by atomic mass is 32.2. The van der Waals surface area contributed by atoms with Gasteiger partial charge in [0.15, 0.2) is 0 Å². The van der Waals surface area contributed by atoms with Gasteiger partial charge < -0.3 is 14.5 Å². The second-order valence-electron chi connectivity index (χ2n) is 6.08. The summed E-state index contributed by atoms with van der Waals surface area (Å²) < 4.78 is 10.3. The molecule has 8 heteroatoms. The fraction of sp³-hybridized carbons (Fsp3) is 0.200. The van der Waals surface area contributed by atoms with Gasteiger partial charge in [0.25, 0.3) is 5.22 Å². The number of benzene rings is 2. The van der Waals surface area contributed by atoms with Gasteiger partial charge in [0.1, 0.15) is 0 Å². The zero-order chi connectivity index (χ0) is 20.1. The SMILES string of the molecule is COC(=O)c1ccc(NC(=O)CSc2nnc(-c3ccc(C)c(C)c3)o2)cc1. The summed E-state index contributed by atoms with van der Waals surface area (Å²) in [7, 11) is 1.32. The molecule has 0 spiro atoms. The highest BCUT2D eigenvalue weighted by molar-refractivity contribution is 7.99. The summed E-state index contributed by atoms with van der Waals surface area (Å²) in [5.74, 6) is -0.108. The maximum atomic E-state index is 12.1. The van der Waals surface area contributed by atoms with Crippen molar-refractivity contribution in [1.29, 1.82) is 0 Å². The Morgan fingerprint density at radius 2 is 1.82 bits per heavy atom. The van der Waals surface area contributed by atoms with Crippen molar-refractivity contribution < 1.29 is 18.7 Å². The molecule has 144 valence electrons. The maximum absolute atomic E-state index is 12.1. The van der Waals surface area contributed by atoms with Crippen molar-refractivity contribution >= 4 is 29.3 Å². The molecular formula is C20H19N3O4S. The van der Waals surface area contributed by atoms with E-state index in [1.54, 1.807) is 24.3 Å². The predicted molar refractivity (Wildman–Crippen MR) is 106 cm³/mol. The lowest BCUT2D eigenvalue weighted by atomic mass is 10.1. The lowest BCUT2D eigenvalue weighted by Crippen LogP contribution is -2.14. The number of rotatable bonds is 6. The molecule has 0 atom stereocenters. The zero-order valence-corrected chi connectivity index (χ0v) is 16.5. The van der Waals surface area contributed by atoms with Crippen LogP contribution < -0.4 is 5.32 Å². The third kappa shape index (κ3) is 4.77. The number of carbonyl (C=O) groups is 2. The summed E-state index contributed by atoms with van der Waals surface area (Å²) in [6.07, 6.45) is 0. The van der Waals surface area contributed by atoms with Gasteiger partial charge in [-0.25, -0.2) is 4.79 Å². The minimum absolute atomic E-state index is 0.118. The van der Waals surface area contributed by atoms with Crippen molar-refractivity contribution in [1.82, 2.24) is 10.2 Å². The molecule has 0 saturated heterocycles. The number of esters is 1. The fourth-order valence-corrected chi connectivity index (χ4v) is 2.95. The third-order valence-electron chi connectivity index (χ3n) is 4.08. The number of thioether (sulfide) groups is 1. The number of nitrogens with zero attached hydrogens (tertiary/aromatic N) is 2. The molecule has 1 amide bonds. The Kier molecular flexibility index (Phi) is 6.10. The normalized spacial score (nSPS) is 10.5. The summed E-state index contributed by atoms with van der Waals surface area (Å²) in [4.78, 5) is 23.5. The third-order valence-corrected chi connectivity index (χ3v) is 4.90. The van der Waals surface area contributed by atoms with Crippen molar-refractivity contribution in [3.63, 3.8) is 0 Å². The molecule has 1 N–H and O–H groups in total. The second-order valence-corrected chi connectivity index (χ2v) is 7.00. The van der Waals surface area contributed by atoms with Gasteiger partial charge in [0, 0.05) is 11.3 Å². The van der Waals surface area contributed by atoms with Gasteiger partial charge in [-0.1, -0.05) is 17.8 Å². The molecule has 0 bridgehead atoms. The molecule has 0 saturated carbocycles. The monoisotopic (exact) mass is 397 g/mol. The van der Waals surface area contributed by atoms with Gasteiger partial charge in [-0.2, -0.15) is 0 Å². The number of nitrogens with one attached hydrogen (secondary N) is 1. The first kappa shape index (κ1) is 19.6. The Hall–Kier alpha value is -3.13. The van der Waals surface area contributed by atoms with Crippen LogP contribution in [0, 0.1) is 13.8 Å². The first-order valence-electron chi connectivity index (χ1n) is 8.48. The van der Waals surface area contributed by atoms with Crippen LogP contribution in [0.2, 0.25) is 0 Å². The van der Waals surface area contributed by atoms with Crippen molar-refractivity contribution in [3.05, 3.63) is 59.2 Å². The van der Waals surface area contributed by atoms with E-state index in [-0.39, 0.29) is 11.7 Å². The van der Waals surface area contributed by atoms with E-state index >= 15 is 0 Å². The van der Waals surface area contributed by atoms with E-state index < -0.39 is 5.97 Å². The number of aromatic nitrogens is 2. The molecule has 28 heavy (non-hydrogen) atoms. The van der Waals surface area contributed by atoms with Crippen LogP contribution in [0.5, 0.6) is 0 Å². The number of aryl methyl sites for hydroxylation is 2. The zero-order valence-electron chi connectivity index (χ0n) is 15.7. The van der Waals surface area contributed by atoms with Gasteiger partial charge in [-0.3, -0.25) is 4.79 Å². The lowest BCUT2D eigenvalue weighted by Gasteiger charge is -2.05.